The number of phenols is 1. The van der Waals surface area contributed by atoms with Gasteiger partial charge in [-0.1, -0.05) is 23.3 Å². The van der Waals surface area contributed by atoms with Crippen molar-refractivity contribution in [3.05, 3.63) is 63.2 Å². The van der Waals surface area contributed by atoms with Crippen molar-refractivity contribution in [1.82, 2.24) is 4.90 Å². The first-order chi connectivity index (χ1) is 16.6. The fraction of sp³-hybridized carbons (Fsp3) is 0.346. The molecule has 0 spiro atoms. The summed E-state index contributed by atoms with van der Waals surface area (Å²) in [5.74, 6) is -5.50. The Labute approximate surface area is 205 Å². The number of hydrogen-bond donors (Lipinski definition) is 2. The number of fused-ring (bicyclic) bond motifs is 3. The molecule has 1 fully saturated rings. The summed E-state index contributed by atoms with van der Waals surface area (Å²) in [6.07, 6.45) is 3.11. The monoisotopic (exact) mass is 495 g/mol. The van der Waals surface area contributed by atoms with Gasteiger partial charge < -0.3 is 10.2 Å². The van der Waals surface area contributed by atoms with Gasteiger partial charge in [-0.2, -0.15) is 0 Å². The molecule has 5 rings (SSSR count). The van der Waals surface area contributed by atoms with E-state index in [9.17, 15) is 29.1 Å². The number of nitrogens with zero attached hydrogens (tertiary/aromatic N) is 1. The van der Waals surface area contributed by atoms with Crippen molar-refractivity contribution in [1.29, 1.82) is 0 Å². The van der Waals surface area contributed by atoms with Crippen LogP contribution in [0, 0.1) is 17.8 Å². The van der Waals surface area contributed by atoms with E-state index in [-0.39, 0.29) is 54.3 Å². The minimum atomic E-state index is -1.11. The van der Waals surface area contributed by atoms with Gasteiger partial charge in [-0.3, -0.25) is 28.9 Å². The number of benzene rings is 1. The van der Waals surface area contributed by atoms with E-state index < -0.39 is 41.5 Å². The Hall–Kier alpha value is -3.52. The summed E-state index contributed by atoms with van der Waals surface area (Å²) < 4.78 is 0. The zero-order valence-electron chi connectivity index (χ0n) is 18.8. The molecule has 1 aromatic rings. The van der Waals surface area contributed by atoms with Crippen molar-refractivity contribution in [3.8, 4) is 5.75 Å². The Morgan fingerprint density at radius 2 is 1.89 bits per heavy atom. The quantitative estimate of drug-likeness (QED) is 0.373. The molecule has 1 saturated heterocycles. The van der Waals surface area contributed by atoms with Crippen molar-refractivity contribution in [2.45, 2.75) is 32.1 Å². The number of Topliss-reactive ketones (excluding diaryl/α,β-unsaturated/α-hetero) is 1. The Morgan fingerprint density at radius 1 is 1.14 bits per heavy atom. The van der Waals surface area contributed by atoms with E-state index in [0.717, 1.165) is 4.90 Å². The molecular formula is C26H22ClNO7. The number of imide groups is 1. The fourth-order valence-corrected chi connectivity index (χ4v) is 6.15. The van der Waals surface area contributed by atoms with Gasteiger partial charge in [0, 0.05) is 39.8 Å². The van der Waals surface area contributed by atoms with Crippen LogP contribution >= 0.6 is 11.6 Å². The SMILES string of the molecule is CC1=CC(=O)C2=C(C1=O)C(c1cc(Cl)ccc1O)C1=CCC3C(=O)N(CCC(=O)O)C(=O)C3C1C2. The third-order valence-corrected chi connectivity index (χ3v) is 7.74. The van der Waals surface area contributed by atoms with Gasteiger partial charge in [0.25, 0.3) is 0 Å². The van der Waals surface area contributed by atoms with E-state index in [1.807, 2.05) is 6.08 Å². The molecule has 2 amide bonds. The summed E-state index contributed by atoms with van der Waals surface area (Å²) in [6, 6.07) is 4.48. The van der Waals surface area contributed by atoms with Gasteiger partial charge in [-0.25, -0.2) is 0 Å². The minimum Gasteiger partial charge on any atom is -0.508 e. The number of aliphatic carboxylic acids is 1. The maximum atomic E-state index is 13.4. The Kier molecular flexibility index (Phi) is 5.51. The zero-order valence-corrected chi connectivity index (χ0v) is 19.5. The van der Waals surface area contributed by atoms with Gasteiger partial charge in [0.2, 0.25) is 11.8 Å². The Bertz CT molecular complexity index is 1320. The number of ketones is 2. The van der Waals surface area contributed by atoms with Crippen LogP contribution in [-0.4, -0.2) is 51.0 Å². The van der Waals surface area contributed by atoms with Crippen LogP contribution in [0.25, 0.3) is 0 Å². The summed E-state index contributed by atoms with van der Waals surface area (Å²) in [5.41, 5.74) is 1.89. The lowest BCUT2D eigenvalue weighted by Gasteiger charge is -2.42. The molecule has 8 nitrogen and oxygen atoms in total. The van der Waals surface area contributed by atoms with E-state index in [2.05, 4.69) is 0 Å². The van der Waals surface area contributed by atoms with E-state index in [0.29, 0.717) is 21.7 Å². The first-order valence-electron chi connectivity index (χ1n) is 11.4. The lowest BCUT2D eigenvalue weighted by Crippen LogP contribution is -2.40. The van der Waals surface area contributed by atoms with Crippen molar-refractivity contribution in [3.63, 3.8) is 0 Å². The summed E-state index contributed by atoms with van der Waals surface area (Å²) in [5, 5.41) is 20.1. The number of phenolic OH excluding ortho intramolecular Hbond substituents is 1. The molecule has 2 N–H and O–H groups in total. The van der Waals surface area contributed by atoms with Crippen LogP contribution in [-0.2, 0) is 24.0 Å². The van der Waals surface area contributed by atoms with Crippen molar-refractivity contribution < 1.29 is 34.2 Å². The second-order valence-electron chi connectivity index (χ2n) is 9.40. The van der Waals surface area contributed by atoms with Crippen LogP contribution in [0.15, 0.2) is 52.6 Å². The molecular weight excluding hydrogens is 474 g/mol. The van der Waals surface area contributed by atoms with E-state index in [1.165, 1.54) is 18.2 Å². The lowest BCUT2D eigenvalue weighted by molar-refractivity contribution is -0.142. The third kappa shape index (κ3) is 3.55. The molecule has 4 unspecified atom stereocenters. The number of likely N-dealkylation sites (tertiary alicyclic amines) is 1. The molecule has 35 heavy (non-hydrogen) atoms. The highest BCUT2D eigenvalue weighted by Gasteiger charge is 2.56. The molecule has 0 bridgehead atoms. The van der Waals surface area contributed by atoms with E-state index in [1.54, 1.807) is 13.0 Å². The Balaban J connectivity index is 1.65. The highest BCUT2D eigenvalue weighted by atomic mass is 35.5. The van der Waals surface area contributed by atoms with Crippen LogP contribution in [0.1, 0.15) is 37.7 Å². The molecule has 3 aliphatic carbocycles. The average Bonchev–Trinajstić information content (AvgIpc) is 3.06. The maximum absolute atomic E-state index is 13.4. The van der Waals surface area contributed by atoms with Crippen LogP contribution in [0.2, 0.25) is 5.02 Å². The summed E-state index contributed by atoms with van der Waals surface area (Å²) in [7, 11) is 0. The molecule has 0 saturated carbocycles. The number of halogens is 1. The smallest absolute Gasteiger partial charge is 0.305 e. The predicted molar refractivity (Wildman–Crippen MR) is 123 cm³/mol. The Morgan fingerprint density at radius 3 is 2.60 bits per heavy atom. The number of allylic oxidation sites excluding steroid dienone is 6. The first kappa shape index (κ1) is 23.2. The first-order valence-corrected chi connectivity index (χ1v) is 11.7. The molecule has 4 aliphatic rings. The van der Waals surface area contributed by atoms with Crippen LogP contribution in [0.3, 0.4) is 0 Å². The lowest BCUT2D eigenvalue weighted by atomic mass is 9.59. The molecule has 1 aromatic carbocycles. The maximum Gasteiger partial charge on any atom is 0.305 e. The standard InChI is InChI=1S/C26H22ClNO7/c1-11-8-19(30)17-10-15-13(21(23(17)24(11)33)16-9-12(27)2-5-18(16)29)3-4-14-22(15)26(35)28(25(14)34)7-6-20(31)32/h2-3,5,8-9,14-15,21-22,29H,4,6-7,10H2,1H3,(H,31,32). The van der Waals surface area contributed by atoms with Gasteiger partial charge in [0.05, 0.1) is 18.3 Å². The number of carbonyl (C=O) groups excluding carboxylic acids is 4. The highest BCUT2D eigenvalue weighted by Crippen LogP contribution is 2.56. The number of carbonyl (C=O) groups is 5. The second kappa shape index (κ2) is 8.30. The number of carboxylic acid groups (broad SMARTS) is 1. The van der Waals surface area contributed by atoms with Gasteiger partial charge in [-0.15, -0.1) is 0 Å². The summed E-state index contributed by atoms with van der Waals surface area (Å²) in [4.78, 5) is 64.8. The predicted octanol–water partition coefficient (Wildman–Crippen LogP) is 2.95. The molecule has 0 aromatic heterocycles. The zero-order chi connectivity index (χ0) is 25.2. The number of hydrogen-bond acceptors (Lipinski definition) is 6. The summed E-state index contributed by atoms with van der Waals surface area (Å²) >= 11 is 6.23. The number of aromatic hydroxyl groups is 1. The van der Waals surface area contributed by atoms with Gasteiger partial charge in [-0.05, 0) is 50.0 Å². The largest absolute Gasteiger partial charge is 0.508 e. The minimum absolute atomic E-state index is 0.0979. The summed E-state index contributed by atoms with van der Waals surface area (Å²) in [6.45, 7) is 1.35. The van der Waals surface area contributed by atoms with Gasteiger partial charge in [0.15, 0.2) is 11.6 Å². The van der Waals surface area contributed by atoms with E-state index >= 15 is 0 Å². The number of amides is 2. The molecule has 1 aliphatic heterocycles. The molecule has 4 atom stereocenters. The van der Waals surface area contributed by atoms with Crippen LogP contribution < -0.4 is 0 Å². The number of rotatable bonds is 4. The number of carboxylic acids is 1. The van der Waals surface area contributed by atoms with Crippen molar-refractivity contribution >= 4 is 41.0 Å². The topological polar surface area (TPSA) is 129 Å². The van der Waals surface area contributed by atoms with Gasteiger partial charge in [0.1, 0.15) is 5.75 Å². The third-order valence-electron chi connectivity index (χ3n) is 7.51. The van der Waals surface area contributed by atoms with Crippen LogP contribution in [0.5, 0.6) is 5.75 Å². The fourth-order valence-electron chi connectivity index (χ4n) is 5.97. The van der Waals surface area contributed by atoms with Gasteiger partial charge >= 0.3 is 5.97 Å². The molecule has 1 heterocycles. The molecule has 9 heteroatoms. The second-order valence-corrected chi connectivity index (χ2v) is 9.84. The van der Waals surface area contributed by atoms with Crippen LogP contribution in [0.4, 0.5) is 0 Å². The van der Waals surface area contributed by atoms with Crippen molar-refractivity contribution in [2.75, 3.05) is 6.54 Å². The molecule has 0 radical (unpaired) electrons. The van der Waals surface area contributed by atoms with Crippen molar-refractivity contribution in [2.24, 2.45) is 17.8 Å². The normalized spacial score (nSPS) is 27.9. The van der Waals surface area contributed by atoms with E-state index in [4.69, 9.17) is 16.7 Å². The average molecular weight is 496 g/mol. The highest BCUT2D eigenvalue weighted by molar-refractivity contribution is 6.30. The molecule has 180 valence electrons.